The van der Waals surface area contributed by atoms with Crippen LogP contribution in [0.4, 0.5) is 19.3 Å². The third-order valence-corrected chi connectivity index (χ3v) is 5.62. The predicted molar refractivity (Wildman–Crippen MR) is 108 cm³/mol. The second-order valence-corrected chi connectivity index (χ2v) is 7.62. The normalized spacial score (nSPS) is 18.5. The van der Waals surface area contributed by atoms with Crippen molar-refractivity contribution in [3.63, 3.8) is 0 Å². The Bertz CT molecular complexity index is 1150. The van der Waals surface area contributed by atoms with Crippen molar-refractivity contribution in [2.45, 2.75) is 18.8 Å². The maximum atomic E-state index is 13.3. The average Bonchev–Trinajstić information content (AvgIpc) is 3.39. The number of carbonyl (C=O) groups excluding carboxylic acids is 2. The molecule has 31 heavy (non-hydrogen) atoms. The summed E-state index contributed by atoms with van der Waals surface area (Å²) in [7, 11) is 0. The molecule has 0 spiro atoms. The van der Waals surface area contributed by atoms with Crippen LogP contribution in [0.2, 0.25) is 0 Å². The van der Waals surface area contributed by atoms with E-state index in [4.69, 9.17) is 4.74 Å². The minimum absolute atomic E-state index is 0.0320. The zero-order valence-electron chi connectivity index (χ0n) is 16.5. The number of rotatable bonds is 3. The number of alkyl halides is 2. The summed E-state index contributed by atoms with van der Waals surface area (Å²) in [5.74, 6) is -2.48. The molecule has 0 N–H and O–H groups in total. The van der Waals surface area contributed by atoms with E-state index in [1.165, 1.54) is 11.1 Å². The Morgan fingerprint density at radius 3 is 2.55 bits per heavy atom. The molecule has 4 heterocycles. The van der Waals surface area contributed by atoms with E-state index in [1.807, 2.05) is 18.2 Å². The highest BCUT2D eigenvalue weighted by molar-refractivity contribution is 5.94. The van der Waals surface area contributed by atoms with Crippen LogP contribution in [0.1, 0.15) is 23.2 Å². The van der Waals surface area contributed by atoms with E-state index >= 15 is 0 Å². The Hall–Kier alpha value is -3.56. The van der Waals surface area contributed by atoms with E-state index in [0.717, 1.165) is 16.6 Å². The molecular formula is C21H19F2N5O3. The molecule has 5 rings (SSSR count). The van der Waals surface area contributed by atoms with Crippen LogP contribution in [0, 0.1) is 0 Å². The fourth-order valence-corrected chi connectivity index (χ4v) is 3.86. The number of nitrogens with zero attached hydrogens (tertiary/aromatic N) is 5. The quantitative estimate of drug-likeness (QED) is 0.641. The first-order valence-corrected chi connectivity index (χ1v) is 9.97. The lowest BCUT2D eigenvalue weighted by molar-refractivity contribution is -0.0494. The molecule has 0 radical (unpaired) electrons. The number of amides is 2. The topological polar surface area (TPSA) is 80.6 Å². The average molecular weight is 427 g/mol. The Morgan fingerprint density at radius 1 is 1.06 bits per heavy atom. The number of anilines is 1. The highest BCUT2D eigenvalue weighted by Gasteiger charge is 2.35. The van der Waals surface area contributed by atoms with Gasteiger partial charge in [0.2, 0.25) is 0 Å². The van der Waals surface area contributed by atoms with Gasteiger partial charge in [-0.2, -0.15) is 5.10 Å². The van der Waals surface area contributed by atoms with E-state index in [1.54, 1.807) is 27.9 Å². The fraction of sp³-hybridized carbons (Fsp3) is 0.333. The highest BCUT2D eigenvalue weighted by atomic mass is 19.3. The molecule has 160 valence electrons. The molecular weight excluding hydrogens is 408 g/mol. The predicted octanol–water partition coefficient (Wildman–Crippen LogP) is 3.25. The molecule has 2 fully saturated rings. The van der Waals surface area contributed by atoms with Gasteiger partial charge in [-0.25, -0.2) is 23.2 Å². The van der Waals surface area contributed by atoms with Gasteiger partial charge in [0.15, 0.2) is 5.82 Å². The van der Waals surface area contributed by atoms with Crippen molar-refractivity contribution >= 4 is 28.6 Å². The molecule has 2 amide bonds. The van der Waals surface area contributed by atoms with Crippen LogP contribution in [-0.2, 0) is 4.74 Å². The third kappa shape index (κ3) is 3.58. The molecule has 10 heteroatoms. The van der Waals surface area contributed by atoms with Crippen LogP contribution in [0.3, 0.4) is 0 Å². The fourth-order valence-electron chi connectivity index (χ4n) is 3.86. The number of hydrogen-bond donors (Lipinski definition) is 0. The highest BCUT2D eigenvalue weighted by Crippen LogP contribution is 2.29. The van der Waals surface area contributed by atoms with E-state index in [0.29, 0.717) is 24.5 Å². The lowest BCUT2D eigenvalue weighted by Crippen LogP contribution is -2.42. The van der Waals surface area contributed by atoms with Crippen LogP contribution < -0.4 is 4.90 Å². The van der Waals surface area contributed by atoms with Crippen molar-refractivity contribution in [3.8, 4) is 5.82 Å². The minimum atomic E-state index is -2.70. The third-order valence-electron chi connectivity index (χ3n) is 5.62. The second kappa shape index (κ2) is 7.29. The Kier molecular flexibility index (Phi) is 4.57. The molecule has 0 saturated carbocycles. The number of cyclic esters (lactones) is 1. The second-order valence-electron chi connectivity index (χ2n) is 7.62. The standard InChI is InChI=1S/C21H19F2N5O3/c22-21(23)5-7-26(8-6-21)19(29)14-1-4-18(24-12-14)28-17-3-2-16(11-15(17)13-25-28)27-9-10-31-20(27)30/h1-4,11-13H,5-10H2. The summed E-state index contributed by atoms with van der Waals surface area (Å²) >= 11 is 0. The Labute approximate surface area is 176 Å². The molecule has 3 aromatic rings. The molecule has 2 saturated heterocycles. The maximum Gasteiger partial charge on any atom is 0.414 e. The van der Waals surface area contributed by atoms with Crippen LogP contribution >= 0.6 is 0 Å². The van der Waals surface area contributed by atoms with E-state index in [-0.39, 0.29) is 37.9 Å². The van der Waals surface area contributed by atoms with Gasteiger partial charge in [-0.15, -0.1) is 0 Å². The van der Waals surface area contributed by atoms with Crippen molar-refractivity contribution in [2.75, 3.05) is 31.1 Å². The summed E-state index contributed by atoms with van der Waals surface area (Å²) in [6.45, 7) is 0.934. The molecule has 0 unspecified atom stereocenters. The Balaban J connectivity index is 1.36. The van der Waals surface area contributed by atoms with Gasteiger partial charge in [-0.3, -0.25) is 9.69 Å². The van der Waals surface area contributed by atoms with Crippen LogP contribution in [0.15, 0.2) is 42.7 Å². The molecule has 8 nitrogen and oxygen atoms in total. The minimum Gasteiger partial charge on any atom is -0.447 e. The van der Waals surface area contributed by atoms with Gasteiger partial charge in [0.1, 0.15) is 6.61 Å². The first-order valence-electron chi connectivity index (χ1n) is 9.97. The number of likely N-dealkylation sites (tertiary alicyclic amines) is 1. The molecule has 2 aliphatic heterocycles. The van der Waals surface area contributed by atoms with Crippen molar-refractivity contribution in [3.05, 3.63) is 48.3 Å². The number of piperidine rings is 1. The molecule has 2 aromatic heterocycles. The van der Waals surface area contributed by atoms with E-state index in [2.05, 4.69) is 10.1 Å². The van der Waals surface area contributed by atoms with Crippen LogP contribution in [0.25, 0.3) is 16.7 Å². The summed E-state index contributed by atoms with van der Waals surface area (Å²) < 4.78 is 33.3. The molecule has 0 bridgehead atoms. The zero-order valence-corrected chi connectivity index (χ0v) is 16.5. The first kappa shape index (κ1) is 19.4. The number of aromatic nitrogens is 3. The molecule has 2 aliphatic rings. The molecule has 0 atom stereocenters. The molecule has 1 aromatic carbocycles. The Morgan fingerprint density at radius 2 is 1.87 bits per heavy atom. The lowest BCUT2D eigenvalue weighted by Gasteiger charge is -2.31. The summed E-state index contributed by atoms with van der Waals surface area (Å²) in [4.78, 5) is 31.7. The zero-order chi connectivity index (χ0) is 21.6. The number of carbonyl (C=O) groups is 2. The van der Waals surface area contributed by atoms with Gasteiger partial charge in [0.05, 0.1) is 23.8 Å². The summed E-state index contributed by atoms with van der Waals surface area (Å²) in [6, 6.07) is 8.81. The van der Waals surface area contributed by atoms with Gasteiger partial charge < -0.3 is 9.64 Å². The SMILES string of the molecule is O=C(c1ccc(-n2ncc3cc(N4CCOC4=O)ccc32)nc1)N1CCC(F)(F)CC1. The smallest absolute Gasteiger partial charge is 0.414 e. The van der Waals surface area contributed by atoms with Gasteiger partial charge >= 0.3 is 6.09 Å². The largest absolute Gasteiger partial charge is 0.447 e. The number of hydrogen-bond acceptors (Lipinski definition) is 5. The van der Waals surface area contributed by atoms with Crippen LogP contribution in [0.5, 0.6) is 0 Å². The first-order chi connectivity index (χ1) is 14.9. The summed E-state index contributed by atoms with van der Waals surface area (Å²) in [5, 5.41) is 5.20. The van der Waals surface area contributed by atoms with Crippen molar-refractivity contribution in [1.29, 1.82) is 0 Å². The van der Waals surface area contributed by atoms with Gasteiger partial charge in [-0.1, -0.05) is 0 Å². The van der Waals surface area contributed by atoms with E-state index in [9.17, 15) is 18.4 Å². The monoisotopic (exact) mass is 427 g/mol. The van der Waals surface area contributed by atoms with Crippen molar-refractivity contribution in [1.82, 2.24) is 19.7 Å². The van der Waals surface area contributed by atoms with Crippen molar-refractivity contribution < 1.29 is 23.1 Å². The van der Waals surface area contributed by atoms with Gasteiger partial charge in [-0.05, 0) is 30.3 Å². The summed E-state index contributed by atoms with van der Waals surface area (Å²) in [5.41, 5.74) is 1.87. The van der Waals surface area contributed by atoms with Gasteiger partial charge in [0.25, 0.3) is 11.8 Å². The number of halogens is 2. The summed E-state index contributed by atoms with van der Waals surface area (Å²) in [6.07, 6.45) is 2.11. The van der Waals surface area contributed by atoms with Gasteiger partial charge in [0, 0.05) is 43.2 Å². The van der Waals surface area contributed by atoms with Crippen LogP contribution in [-0.4, -0.2) is 63.8 Å². The van der Waals surface area contributed by atoms with Crippen molar-refractivity contribution in [2.24, 2.45) is 0 Å². The van der Waals surface area contributed by atoms with E-state index < -0.39 is 5.92 Å². The number of fused-ring (bicyclic) bond motifs is 1. The number of pyridine rings is 1. The maximum absolute atomic E-state index is 13.3. The lowest BCUT2D eigenvalue weighted by atomic mass is 10.1. The number of benzene rings is 1. The molecule has 0 aliphatic carbocycles. The number of ether oxygens (including phenoxy) is 1.